The summed E-state index contributed by atoms with van der Waals surface area (Å²) in [5, 5.41) is 2.93. The van der Waals surface area contributed by atoms with Crippen LogP contribution in [0.25, 0.3) is 0 Å². The highest BCUT2D eigenvalue weighted by atomic mass is 32.2. The Morgan fingerprint density at radius 1 is 1.67 bits per heavy atom. The summed E-state index contributed by atoms with van der Waals surface area (Å²) < 4.78 is 0.181. The molecule has 0 aliphatic carbocycles. The van der Waals surface area contributed by atoms with Gasteiger partial charge in [0.05, 0.1) is 13.1 Å². The average Bonchev–Trinajstić information content (AvgIpc) is 2.16. The maximum Gasteiger partial charge on any atom is 0.236 e. The van der Waals surface area contributed by atoms with Crippen molar-refractivity contribution in [1.29, 1.82) is 0 Å². The van der Waals surface area contributed by atoms with E-state index < -0.39 is 0 Å². The summed E-state index contributed by atoms with van der Waals surface area (Å²) in [6, 6.07) is 0. The molecule has 0 spiro atoms. The van der Waals surface area contributed by atoms with E-state index in [4.69, 9.17) is 6.42 Å². The number of terminal acetylenes is 1. The fraction of sp³-hybridized carbons (Fsp3) is 0.727. The SMILES string of the molecule is C#CCNCC(=O)N1CCSC(C)(C)C1. The third-order valence-corrected chi connectivity index (χ3v) is 3.58. The van der Waals surface area contributed by atoms with Gasteiger partial charge in [0.2, 0.25) is 5.91 Å². The van der Waals surface area contributed by atoms with Crippen molar-refractivity contribution in [2.75, 3.05) is 31.9 Å². The van der Waals surface area contributed by atoms with Crippen LogP contribution in [-0.2, 0) is 4.79 Å². The van der Waals surface area contributed by atoms with E-state index in [-0.39, 0.29) is 10.7 Å². The van der Waals surface area contributed by atoms with Crippen molar-refractivity contribution in [1.82, 2.24) is 10.2 Å². The molecular weight excluding hydrogens is 208 g/mol. The molecule has 0 radical (unpaired) electrons. The molecule has 4 heteroatoms. The number of nitrogens with zero attached hydrogens (tertiary/aromatic N) is 1. The fourth-order valence-electron chi connectivity index (χ4n) is 1.58. The lowest BCUT2D eigenvalue weighted by atomic mass is 10.2. The molecule has 1 amide bonds. The first-order valence-corrected chi connectivity index (χ1v) is 6.10. The molecule has 1 N–H and O–H groups in total. The molecule has 1 aliphatic rings. The Hall–Kier alpha value is -0.660. The Labute approximate surface area is 96.0 Å². The van der Waals surface area contributed by atoms with Crippen LogP contribution in [0.2, 0.25) is 0 Å². The summed E-state index contributed by atoms with van der Waals surface area (Å²) in [6.07, 6.45) is 5.10. The van der Waals surface area contributed by atoms with Gasteiger partial charge in [0, 0.05) is 23.6 Å². The lowest BCUT2D eigenvalue weighted by molar-refractivity contribution is -0.130. The van der Waals surface area contributed by atoms with Crippen LogP contribution >= 0.6 is 11.8 Å². The summed E-state index contributed by atoms with van der Waals surface area (Å²) in [5.41, 5.74) is 0. The van der Waals surface area contributed by atoms with E-state index in [2.05, 4.69) is 25.1 Å². The third-order valence-electron chi connectivity index (χ3n) is 2.28. The van der Waals surface area contributed by atoms with E-state index in [1.807, 2.05) is 16.7 Å². The number of nitrogens with one attached hydrogen (secondary N) is 1. The second-order valence-electron chi connectivity index (χ2n) is 4.23. The Morgan fingerprint density at radius 2 is 2.40 bits per heavy atom. The van der Waals surface area contributed by atoms with Gasteiger partial charge in [-0.15, -0.1) is 6.42 Å². The standard InChI is InChI=1S/C11H18N2OS/c1-4-5-12-8-10(14)13-6-7-15-11(2,3)9-13/h1,12H,5-9H2,2-3H3. The molecule has 0 atom stereocenters. The molecule has 15 heavy (non-hydrogen) atoms. The van der Waals surface area contributed by atoms with Gasteiger partial charge in [-0.05, 0) is 13.8 Å². The van der Waals surface area contributed by atoms with Crippen molar-refractivity contribution >= 4 is 17.7 Å². The highest BCUT2D eigenvalue weighted by Gasteiger charge is 2.29. The lowest BCUT2D eigenvalue weighted by Gasteiger charge is -2.37. The van der Waals surface area contributed by atoms with Gasteiger partial charge in [0.15, 0.2) is 0 Å². The molecule has 0 saturated carbocycles. The second kappa shape index (κ2) is 5.43. The lowest BCUT2D eigenvalue weighted by Crippen LogP contribution is -2.48. The molecule has 1 fully saturated rings. The van der Waals surface area contributed by atoms with Crippen molar-refractivity contribution < 1.29 is 4.79 Å². The monoisotopic (exact) mass is 226 g/mol. The van der Waals surface area contributed by atoms with Crippen LogP contribution in [0.1, 0.15) is 13.8 Å². The van der Waals surface area contributed by atoms with Crippen molar-refractivity contribution in [3.05, 3.63) is 0 Å². The number of carbonyl (C=O) groups is 1. The van der Waals surface area contributed by atoms with Gasteiger partial charge in [-0.25, -0.2) is 0 Å². The van der Waals surface area contributed by atoms with Crippen molar-refractivity contribution in [2.24, 2.45) is 0 Å². The molecule has 0 aromatic carbocycles. The highest BCUT2D eigenvalue weighted by molar-refractivity contribution is 8.00. The minimum atomic E-state index is 0.152. The first kappa shape index (κ1) is 12.4. The summed E-state index contributed by atoms with van der Waals surface area (Å²) in [4.78, 5) is 13.7. The molecule has 0 aromatic heterocycles. The Kier molecular flexibility index (Phi) is 4.49. The molecule has 1 heterocycles. The van der Waals surface area contributed by atoms with Crippen LogP contribution in [0.3, 0.4) is 0 Å². The van der Waals surface area contributed by atoms with Crippen LogP contribution in [0, 0.1) is 12.3 Å². The summed E-state index contributed by atoms with van der Waals surface area (Å²) in [7, 11) is 0. The van der Waals surface area contributed by atoms with Gasteiger partial charge >= 0.3 is 0 Å². The zero-order valence-electron chi connectivity index (χ0n) is 9.38. The maximum atomic E-state index is 11.7. The second-order valence-corrected chi connectivity index (χ2v) is 6.03. The predicted octanol–water partition coefficient (Wildman–Crippen LogP) is 0.563. The number of rotatable bonds is 3. The number of hydrogen-bond acceptors (Lipinski definition) is 3. The Balaban J connectivity index is 2.36. The third kappa shape index (κ3) is 4.15. The molecule has 1 rings (SSSR count). The molecule has 0 aromatic rings. The van der Waals surface area contributed by atoms with E-state index >= 15 is 0 Å². The molecule has 3 nitrogen and oxygen atoms in total. The van der Waals surface area contributed by atoms with E-state index in [9.17, 15) is 4.79 Å². The zero-order chi connectivity index (χ0) is 11.3. The van der Waals surface area contributed by atoms with E-state index in [1.165, 1.54) is 0 Å². The van der Waals surface area contributed by atoms with Crippen LogP contribution in [0.15, 0.2) is 0 Å². The van der Waals surface area contributed by atoms with Crippen molar-refractivity contribution in [3.8, 4) is 12.3 Å². The van der Waals surface area contributed by atoms with E-state index in [0.29, 0.717) is 13.1 Å². The minimum absolute atomic E-state index is 0.152. The number of hydrogen-bond donors (Lipinski definition) is 1. The Bertz CT molecular complexity index is 270. The van der Waals surface area contributed by atoms with Crippen LogP contribution in [0.4, 0.5) is 0 Å². The number of thioether (sulfide) groups is 1. The van der Waals surface area contributed by atoms with E-state index in [1.54, 1.807) is 0 Å². The topological polar surface area (TPSA) is 32.3 Å². The van der Waals surface area contributed by atoms with Gasteiger partial charge in [-0.3, -0.25) is 10.1 Å². The van der Waals surface area contributed by atoms with Gasteiger partial charge in [0.25, 0.3) is 0 Å². The van der Waals surface area contributed by atoms with Gasteiger partial charge in [-0.1, -0.05) is 5.92 Å². The number of carbonyl (C=O) groups excluding carboxylic acids is 1. The zero-order valence-corrected chi connectivity index (χ0v) is 10.2. The Morgan fingerprint density at radius 3 is 3.00 bits per heavy atom. The average molecular weight is 226 g/mol. The first-order chi connectivity index (χ1) is 7.05. The van der Waals surface area contributed by atoms with Gasteiger partial charge < -0.3 is 4.90 Å². The molecule has 0 unspecified atom stereocenters. The van der Waals surface area contributed by atoms with Crippen LogP contribution in [-0.4, -0.2) is 47.5 Å². The van der Waals surface area contributed by atoms with E-state index in [0.717, 1.165) is 18.8 Å². The molecular formula is C11H18N2OS. The largest absolute Gasteiger partial charge is 0.339 e. The molecule has 1 aliphatic heterocycles. The molecule has 84 valence electrons. The highest BCUT2D eigenvalue weighted by Crippen LogP contribution is 2.29. The maximum absolute atomic E-state index is 11.7. The fourth-order valence-corrected chi connectivity index (χ4v) is 2.69. The summed E-state index contributed by atoms with van der Waals surface area (Å²) in [5.74, 6) is 3.63. The van der Waals surface area contributed by atoms with Crippen molar-refractivity contribution in [3.63, 3.8) is 0 Å². The van der Waals surface area contributed by atoms with Crippen molar-refractivity contribution in [2.45, 2.75) is 18.6 Å². The molecule has 0 bridgehead atoms. The smallest absolute Gasteiger partial charge is 0.236 e. The molecule has 1 saturated heterocycles. The minimum Gasteiger partial charge on any atom is -0.339 e. The first-order valence-electron chi connectivity index (χ1n) is 5.11. The van der Waals surface area contributed by atoms with Crippen LogP contribution in [0.5, 0.6) is 0 Å². The summed E-state index contributed by atoms with van der Waals surface area (Å²) >= 11 is 1.92. The van der Waals surface area contributed by atoms with Gasteiger partial charge in [-0.2, -0.15) is 11.8 Å². The predicted molar refractivity (Wildman–Crippen MR) is 64.8 cm³/mol. The quantitative estimate of drug-likeness (QED) is 0.564. The number of amides is 1. The summed E-state index contributed by atoms with van der Waals surface area (Å²) in [6.45, 7) is 6.83. The van der Waals surface area contributed by atoms with Gasteiger partial charge in [0.1, 0.15) is 0 Å². The normalized spacial score (nSPS) is 19.7. The van der Waals surface area contributed by atoms with Crippen LogP contribution < -0.4 is 5.32 Å².